The second kappa shape index (κ2) is 5.48. The van der Waals surface area contributed by atoms with Gasteiger partial charge in [-0.2, -0.15) is 0 Å². The molecule has 1 aromatic carbocycles. The first-order chi connectivity index (χ1) is 9.08. The Morgan fingerprint density at radius 2 is 2.32 bits per heavy atom. The molecule has 0 saturated heterocycles. The molecule has 1 aliphatic rings. The van der Waals surface area contributed by atoms with E-state index >= 15 is 0 Å². The zero-order valence-corrected chi connectivity index (χ0v) is 11.7. The molecular weight excluding hydrogens is 318 g/mol. The summed E-state index contributed by atoms with van der Waals surface area (Å²) in [7, 11) is 0. The third-order valence-corrected chi connectivity index (χ3v) is 3.42. The van der Waals surface area contributed by atoms with Crippen molar-refractivity contribution in [3.63, 3.8) is 0 Å². The average molecular weight is 330 g/mol. The number of benzene rings is 1. The monoisotopic (exact) mass is 329 g/mol. The summed E-state index contributed by atoms with van der Waals surface area (Å²) in [5.41, 5.74) is 0.456. The van der Waals surface area contributed by atoms with Gasteiger partial charge in [-0.3, -0.25) is 4.79 Å². The molecule has 0 saturated carbocycles. The summed E-state index contributed by atoms with van der Waals surface area (Å²) in [6.07, 6.45) is 0.525. The third-order valence-electron chi connectivity index (χ3n) is 2.83. The van der Waals surface area contributed by atoms with Crippen LogP contribution in [0.15, 0.2) is 16.6 Å². The Balaban J connectivity index is 2.46. The fourth-order valence-electron chi connectivity index (χ4n) is 1.94. The lowest BCUT2D eigenvalue weighted by atomic mass is 10.1. The van der Waals surface area contributed by atoms with Crippen molar-refractivity contribution in [1.29, 1.82) is 0 Å². The molecule has 0 spiro atoms. The summed E-state index contributed by atoms with van der Waals surface area (Å²) in [5.74, 6) is -0.0840. The molecule has 1 amide bonds. The van der Waals surface area contributed by atoms with Crippen LogP contribution in [0.3, 0.4) is 0 Å². The molecule has 102 valence electrons. The lowest BCUT2D eigenvalue weighted by molar-refractivity contribution is -0.146. The van der Waals surface area contributed by atoms with E-state index in [-0.39, 0.29) is 6.79 Å². The van der Waals surface area contributed by atoms with Gasteiger partial charge >= 0.3 is 5.97 Å². The maximum atomic E-state index is 11.4. The normalized spacial score (nSPS) is 14.0. The highest BCUT2D eigenvalue weighted by molar-refractivity contribution is 9.10. The average Bonchev–Trinajstić information content (AvgIpc) is 2.83. The Kier molecular flexibility index (Phi) is 3.94. The molecule has 0 fully saturated rings. The van der Waals surface area contributed by atoms with Crippen molar-refractivity contribution in [3.8, 4) is 11.5 Å². The largest absolute Gasteiger partial charge is 0.479 e. The van der Waals surface area contributed by atoms with Crippen molar-refractivity contribution >= 4 is 28.3 Å². The van der Waals surface area contributed by atoms with Gasteiger partial charge in [0.2, 0.25) is 13.2 Å². The van der Waals surface area contributed by atoms with Crippen LogP contribution in [0, 0.1) is 0 Å². The minimum atomic E-state index is -1.10. The van der Waals surface area contributed by atoms with Gasteiger partial charge in [-0.1, -0.05) is 0 Å². The molecule has 1 aromatic rings. The van der Waals surface area contributed by atoms with Crippen LogP contribution in [0.5, 0.6) is 11.5 Å². The van der Waals surface area contributed by atoms with Crippen LogP contribution in [0.4, 0.5) is 0 Å². The van der Waals surface area contributed by atoms with Gasteiger partial charge in [-0.15, -0.1) is 0 Å². The van der Waals surface area contributed by atoms with Crippen molar-refractivity contribution < 1.29 is 24.2 Å². The molecule has 0 bridgehead atoms. The number of fused-ring (bicyclic) bond motifs is 1. The Hall–Kier alpha value is -1.76. The first-order valence-corrected chi connectivity index (χ1v) is 6.40. The fourth-order valence-corrected chi connectivity index (χ4v) is 2.51. The molecule has 1 atom stereocenters. The summed E-state index contributed by atoms with van der Waals surface area (Å²) in [6, 6.07) is 2.16. The molecule has 7 heteroatoms. The number of rotatable bonds is 5. The van der Waals surface area contributed by atoms with E-state index in [9.17, 15) is 14.7 Å². The van der Waals surface area contributed by atoms with E-state index in [1.54, 1.807) is 19.1 Å². The van der Waals surface area contributed by atoms with E-state index in [1.165, 1.54) is 4.90 Å². The minimum absolute atomic E-state index is 0.0975. The van der Waals surface area contributed by atoms with Gasteiger partial charge in [0.1, 0.15) is 0 Å². The number of aliphatic carboxylic acids is 1. The molecule has 1 N–H and O–H groups in total. The lowest BCUT2D eigenvalue weighted by Crippen LogP contribution is -2.32. The fraction of sp³-hybridized carbons (Fsp3) is 0.333. The van der Waals surface area contributed by atoms with Gasteiger partial charge in [-0.05, 0) is 40.5 Å². The summed E-state index contributed by atoms with van der Waals surface area (Å²) in [4.78, 5) is 23.6. The van der Waals surface area contributed by atoms with Crippen LogP contribution >= 0.6 is 15.9 Å². The van der Waals surface area contributed by atoms with E-state index in [1.807, 2.05) is 0 Å². The van der Waals surface area contributed by atoms with Gasteiger partial charge in [0.25, 0.3) is 0 Å². The highest BCUT2D eigenvalue weighted by Gasteiger charge is 2.29. The molecule has 0 aliphatic carbocycles. The van der Waals surface area contributed by atoms with Crippen LogP contribution in [0.2, 0.25) is 0 Å². The topological polar surface area (TPSA) is 76.1 Å². The summed E-state index contributed by atoms with van der Waals surface area (Å²) in [6.45, 7) is 2.11. The Morgan fingerprint density at radius 3 is 2.89 bits per heavy atom. The zero-order chi connectivity index (χ0) is 14.0. The SMILES string of the molecule is CCN(C=O)C(C(=O)O)c1cc(Br)c2c(c1)OCO2. The minimum Gasteiger partial charge on any atom is -0.479 e. The molecule has 2 rings (SSSR count). The molecule has 1 unspecified atom stereocenters. The number of ether oxygens (including phenoxy) is 2. The Morgan fingerprint density at radius 1 is 1.58 bits per heavy atom. The van der Waals surface area contributed by atoms with E-state index in [2.05, 4.69) is 15.9 Å². The molecule has 6 nitrogen and oxygen atoms in total. The van der Waals surface area contributed by atoms with Crippen LogP contribution in [0.25, 0.3) is 0 Å². The van der Waals surface area contributed by atoms with E-state index in [0.29, 0.717) is 34.5 Å². The molecule has 1 heterocycles. The van der Waals surface area contributed by atoms with Gasteiger partial charge < -0.3 is 19.5 Å². The number of carbonyl (C=O) groups is 2. The number of carbonyl (C=O) groups excluding carboxylic acids is 1. The van der Waals surface area contributed by atoms with Gasteiger partial charge in [-0.25, -0.2) is 4.79 Å². The van der Waals surface area contributed by atoms with Gasteiger partial charge in [0.15, 0.2) is 17.5 Å². The van der Waals surface area contributed by atoms with E-state index in [0.717, 1.165) is 0 Å². The number of likely N-dealkylation sites (N-methyl/N-ethyl adjacent to an activating group) is 1. The second-order valence-corrected chi connectivity index (χ2v) is 4.77. The maximum Gasteiger partial charge on any atom is 0.331 e. The van der Waals surface area contributed by atoms with Crippen molar-refractivity contribution in [2.75, 3.05) is 13.3 Å². The predicted molar refractivity (Wildman–Crippen MR) is 69.1 cm³/mol. The molecule has 1 aliphatic heterocycles. The Labute approximate surface area is 118 Å². The van der Waals surface area contributed by atoms with Crippen molar-refractivity contribution in [2.45, 2.75) is 13.0 Å². The summed E-state index contributed by atoms with van der Waals surface area (Å²) < 4.78 is 11.1. The molecule has 0 aromatic heterocycles. The van der Waals surface area contributed by atoms with Crippen LogP contribution in [-0.4, -0.2) is 35.7 Å². The highest BCUT2D eigenvalue weighted by Crippen LogP contribution is 2.41. The smallest absolute Gasteiger partial charge is 0.331 e. The first-order valence-electron chi connectivity index (χ1n) is 5.61. The third kappa shape index (κ3) is 2.51. The summed E-state index contributed by atoms with van der Waals surface area (Å²) in [5, 5.41) is 9.31. The van der Waals surface area contributed by atoms with Crippen molar-refractivity contribution in [1.82, 2.24) is 4.90 Å². The lowest BCUT2D eigenvalue weighted by Gasteiger charge is -2.24. The maximum absolute atomic E-state index is 11.4. The van der Waals surface area contributed by atoms with E-state index in [4.69, 9.17) is 9.47 Å². The molecular formula is C12H12BrNO5. The molecule has 0 radical (unpaired) electrons. The molecule has 19 heavy (non-hydrogen) atoms. The summed E-state index contributed by atoms with van der Waals surface area (Å²) >= 11 is 3.30. The number of hydrogen-bond acceptors (Lipinski definition) is 4. The number of carboxylic acid groups (broad SMARTS) is 1. The Bertz CT molecular complexity index is 519. The van der Waals surface area contributed by atoms with Crippen LogP contribution in [0.1, 0.15) is 18.5 Å². The van der Waals surface area contributed by atoms with Gasteiger partial charge in [0.05, 0.1) is 4.47 Å². The van der Waals surface area contributed by atoms with Crippen molar-refractivity contribution in [2.24, 2.45) is 0 Å². The van der Waals surface area contributed by atoms with Crippen LogP contribution < -0.4 is 9.47 Å². The van der Waals surface area contributed by atoms with E-state index < -0.39 is 12.0 Å². The number of amides is 1. The standard InChI is InChI=1S/C12H12BrNO5/c1-2-14(5-15)10(12(16)17)7-3-8(13)11-9(4-7)18-6-19-11/h3-5,10H,2,6H2,1H3,(H,16,17). The van der Waals surface area contributed by atoms with Crippen LogP contribution in [-0.2, 0) is 9.59 Å². The number of hydrogen-bond donors (Lipinski definition) is 1. The first kappa shape index (κ1) is 13.7. The van der Waals surface area contributed by atoms with Crippen molar-refractivity contribution in [3.05, 3.63) is 22.2 Å². The predicted octanol–water partition coefficient (Wildman–Crippen LogP) is 1.78. The number of nitrogens with zero attached hydrogens (tertiary/aromatic N) is 1. The number of halogens is 1. The zero-order valence-electron chi connectivity index (χ0n) is 10.1. The number of carboxylic acids is 1. The quantitative estimate of drug-likeness (QED) is 0.833. The van der Waals surface area contributed by atoms with Gasteiger partial charge in [0, 0.05) is 6.54 Å². The second-order valence-electron chi connectivity index (χ2n) is 3.91. The highest BCUT2D eigenvalue weighted by atomic mass is 79.9.